The molecule has 116 valence electrons. The van der Waals surface area contributed by atoms with Gasteiger partial charge in [0.25, 0.3) is 0 Å². The van der Waals surface area contributed by atoms with Crippen molar-refractivity contribution in [3.63, 3.8) is 0 Å². The summed E-state index contributed by atoms with van der Waals surface area (Å²) in [5, 5.41) is 14.2. The fourth-order valence-corrected chi connectivity index (χ4v) is 2.83. The van der Waals surface area contributed by atoms with Gasteiger partial charge < -0.3 is 4.42 Å². The van der Waals surface area contributed by atoms with Gasteiger partial charge in [-0.2, -0.15) is 0 Å². The zero-order chi connectivity index (χ0) is 16.5. The van der Waals surface area contributed by atoms with Gasteiger partial charge in [-0.05, 0) is 30.4 Å². The molecule has 0 aliphatic heterocycles. The SMILES string of the molecule is C=C/C=c1\c(=C/C)oc2c(-c3cccc4cccnc34)nnnc12. The average molecular weight is 314 g/mol. The maximum Gasteiger partial charge on any atom is 0.184 e. The van der Waals surface area contributed by atoms with Crippen molar-refractivity contribution < 1.29 is 4.42 Å². The quantitative estimate of drug-likeness (QED) is 0.569. The number of aromatic nitrogens is 4. The van der Waals surface area contributed by atoms with Gasteiger partial charge >= 0.3 is 0 Å². The van der Waals surface area contributed by atoms with E-state index >= 15 is 0 Å². The van der Waals surface area contributed by atoms with Gasteiger partial charge in [-0.15, -0.1) is 10.2 Å². The van der Waals surface area contributed by atoms with Crippen molar-refractivity contribution in [2.45, 2.75) is 6.92 Å². The van der Waals surface area contributed by atoms with Crippen LogP contribution in [0.15, 0.2) is 53.6 Å². The Labute approximate surface area is 137 Å². The molecule has 3 heterocycles. The van der Waals surface area contributed by atoms with Gasteiger partial charge in [0.2, 0.25) is 0 Å². The number of fused-ring (bicyclic) bond motifs is 2. The van der Waals surface area contributed by atoms with E-state index < -0.39 is 0 Å². The van der Waals surface area contributed by atoms with E-state index in [1.165, 1.54) is 0 Å². The summed E-state index contributed by atoms with van der Waals surface area (Å²) < 4.78 is 6.01. The molecule has 0 spiro atoms. The molecule has 0 N–H and O–H groups in total. The molecule has 0 amide bonds. The molecule has 0 fully saturated rings. The van der Waals surface area contributed by atoms with Crippen LogP contribution in [0.5, 0.6) is 0 Å². The number of allylic oxidation sites excluding steroid dienone is 1. The highest BCUT2D eigenvalue weighted by Gasteiger charge is 2.16. The van der Waals surface area contributed by atoms with E-state index in [4.69, 9.17) is 4.42 Å². The van der Waals surface area contributed by atoms with Gasteiger partial charge in [0.05, 0.1) is 5.52 Å². The Kier molecular flexibility index (Phi) is 3.39. The van der Waals surface area contributed by atoms with Gasteiger partial charge in [-0.1, -0.05) is 36.9 Å². The first-order valence-electron chi connectivity index (χ1n) is 7.58. The molecule has 1 aromatic carbocycles. The van der Waals surface area contributed by atoms with Gasteiger partial charge in [0.15, 0.2) is 5.58 Å². The van der Waals surface area contributed by atoms with Crippen molar-refractivity contribution in [2.24, 2.45) is 0 Å². The third-order valence-electron chi connectivity index (χ3n) is 3.89. The smallest absolute Gasteiger partial charge is 0.184 e. The molecule has 0 radical (unpaired) electrons. The minimum absolute atomic E-state index is 0.601. The van der Waals surface area contributed by atoms with Gasteiger partial charge in [-0.25, -0.2) is 0 Å². The van der Waals surface area contributed by atoms with Crippen LogP contribution in [0.4, 0.5) is 0 Å². The summed E-state index contributed by atoms with van der Waals surface area (Å²) in [7, 11) is 0. The molecule has 0 saturated carbocycles. The lowest BCUT2D eigenvalue weighted by Crippen LogP contribution is -2.19. The van der Waals surface area contributed by atoms with E-state index in [1.807, 2.05) is 49.4 Å². The zero-order valence-corrected chi connectivity index (χ0v) is 13.1. The summed E-state index contributed by atoms with van der Waals surface area (Å²) in [5.41, 5.74) is 4.35. The third kappa shape index (κ3) is 2.10. The predicted octanol–water partition coefficient (Wildman–Crippen LogP) is 2.60. The van der Waals surface area contributed by atoms with E-state index in [0.29, 0.717) is 16.8 Å². The van der Waals surface area contributed by atoms with Crippen molar-refractivity contribution >= 4 is 34.2 Å². The third-order valence-corrected chi connectivity index (χ3v) is 3.89. The molecule has 4 aromatic rings. The Morgan fingerprint density at radius 1 is 1.08 bits per heavy atom. The summed E-state index contributed by atoms with van der Waals surface area (Å²) in [6.45, 7) is 5.67. The van der Waals surface area contributed by atoms with Crippen LogP contribution >= 0.6 is 0 Å². The molecule has 3 aromatic heterocycles. The molecule has 0 aliphatic rings. The van der Waals surface area contributed by atoms with Crippen LogP contribution < -0.4 is 10.6 Å². The summed E-state index contributed by atoms with van der Waals surface area (Å²) in [6.07, 6.45) is 7.23. The molecular weight excluding hydrogens is 300 g/mol. The number of rotatable bonds is 2. The molecule has 24 heavy (non-hydrogen) atoms. The van der Waals surface area contributed by atoms with Crippen molar-refractivity contribution in [3.8, 4) is 11.3 Å². The molecule has 0 bridgehead atoms. The Balaban J connectivity index is 2.15. The van der Waals surface area contributed by atoms with Crippen LogP contribution in [0.2, 0.25) is 0 Å². The highest BCUT2D eigenvalue weighted by atomic mass is 16.3. The summed E-state index contributed by atoms with van der Waals surface area (Å²) in [6, 6.07) is 9.88. The number of pyridine rings is 1. The van der Waals surface area contributed by atoms with Crippen molar-refractivity contribution in [1.29, 1.82) is 0 Å². The van der Waals surface area contributed by atoms with E-state index in [1.54, 1.807) is 12.3 Å². The Hall–Kier alpha value is -3.34. The molecule has 0 atom stereocenters. The standard InChI is InChI=1S/C19H14N4O/c1-3-7-13-15(4-2)24-19-17(13)21-23-22-18(19)14-10-5-8-12-9-6-11-20-16(12)14/h3-11H,1H2,2H3/b13-7+,15-4+. The monoisotopic (exact) mass is 314 g/mol. The molecule has 4 rings (SSSR count). The molecule has 0 unspecified atom stereocenters. The predicted molar refractivity (Wildman–Crippen MR) is 94.4 cm³/mol. The van der Waals surface area contributed by atoms with Gasteiger partial charge in [-0.3, -0.25) is 4.98 Å². The van der Waals surface area contributed by atoms with Crippen molar-refractivity contribution in [3.05, 3.63) is 59.8 Å². The minimum atomic E-state index is 0.601. The van der Waals surface area contributed by atoms with E-state index in [2.05, 4.69) is 27.0 Å². The summed E-state index contributed by atoms with van der Waals surface area (Å²) in [5.74, 6) is 0. The fourth-order valence-electron chi connectivity index (χ4n) is 2.83. The lowest BCUT2D eigenvalue weighted by atomic mass is 10.1. The van der Waals surface area contributed by atoms with Crippen LogP contribution in [0.1, 0.15) is 6.92 Å². The second-order valence-electron chi connectivity index (χ2n) is 5.27. The van der Waals surface area contributed by atoms with Crippen LogP contribution in [-0.2, 0) is 0 Å². The van der Waals surface area contributed by atoms with E-state index in [9.17, 15) is 0 Å². The Morgan fingerprint density at radius 2 is 1.96 bits per heavy atom. The molecular formula is C19H14N4O. The van der Waals surface area contributed by atoms with Crippen LogP contribution in [-0.4, -0.2) is 20.4 Å². The maximum atomic E-state index is 6.01. The number of furan rings is 1. The number of nitrogens with zero attached hydrogens (tertiary/aromatic N) is 4. The van der Waals surface area contributed by atoms with Crippen LogP contribution in [0, 0.1) is 0 Å². The van der Waals surface area contributed by atoms with Crippen LogP contribution in [0.25, 0.3) is 45.4 Å². The second kappa shape index (κ2) is 5.70. The van der Waals surface area contributed by atoms with E-state index in [0.717, 1.165) is 27.1 Å². The number of benzene rings is 1. The summed E-state index contributed by atoms with van der Waals surface area (Å²) in [4.78, 5) is 4.49. The number of hydrogen-bond donors (Lipinski definition) is 0. The normalized spacial score (nSPS) is 13.0. The highest BCUT2D eigenvalue weighted by Crippen LogP contribution is 2.28. The lowest BCUT2D eigenvalue weighted by Gasteiger charge is -2.04. The molecule has 0 aliphatic carbocycles. The first-order valence-corrected chi connectivity index (χ1v) is 7.58. The fraction of sp³-hybridized carbons (Fsp3) is 0.0526. The zero-order valence-electron chi connectivity index (χ0n) is 13.1. The van der Waals surface area contributed by atoms with Crippen molar-refractivity contribution in [2.75, 3.05) is 0 Å². The number of para-hydroxylation sites is 1. The average Bonchev–Trinajstić information content (AvgIpc) is 2.99. The Bertz CT molecular complexity index is 1190. The topological polar surface area (TPSA) is 64.7 Å². The molecule has 5 heteroatoms. The first kappa shape index (κ1) is 14.3. The van der Waals surface area contributed by atoms with Crippen molar-refractivity contribution in [1.82, 2.24) is 20.4 Å². The Morgan fingerprint density at radius 3 is 2.79 bits per heavy atom. The maximum absolute atomic E-state index is 6.01. The van der Waals surface area contributed by atoms with Gasteiger partial charge in [0, 0.05) is 22.4 Å². The second-order valence-corrected chi connectivity index (χ2v) is 5.27. The van der Waals surface area contributed by atoms with Gasteiger partial charge in [0.1, 0.15) is 16.6 Å². The minimum Gasteiger partial charge on any atom is -0.452 e. The highest BCUT2D eigenvalue weighted by molar-refractivity contribution is 5.99. The lowest BCUT2D eigenvalue weighted by molar-refractivity contribution is 0.573. The summed E-state index contributed by atoms with van der Waals surface area (Å²) >= 11 is 0. The first-order chi connectivity index (χ1) is 11.8. The molecule has 0 saturated heterocycles. The molecule has 5 nitrogen and oxygen atoms in total. The number of hydrogen-bond acceptors (Lipinski definition) is 5. The van der Waals surface area contributed by atoms with E-state index in [-0.39, 0.29) is 0 Å². The largest absolute Gasteiger partial charge is 0.452 e. The van der Waals surface area contributed by atoms with Crippen LogP contribution in [0.3, 0.4) is 0 Å².